The molecule has 8 nitrogen and oxygen atoms in total. The fourth-order valence-electron chi connectivity index (χ4n) is 3.34. The summed E-state index contributed by atoms with van der Waals surface area (Å²) < 4.78 is 1.86. The van der Waals surface area contributed by atoms with E-state index in [2.05, 4.69) is 37.7 Å². The van der Waals surface area contributed by atoms with Crippen LogP contribution in [-0.2, 0) is 6.54 Å². The smallest absolute Gasteiger partial charge is 0.286 e. The zero-order valence-electron chi connectivity index (χ0n) is 15.9. The van der Waals surface area contributed by atoms with Gasteiger partial charge in [0.15, 0.2) is 0 Å². The van der Waals surface area contributed by atoms with Crippen molar-refractivity contribution in [2.24, 2.45) is 5.73 Å². The molecule has 0 bridgehead atoms. The second kappa shape index (κ2) is 7.25. The molecule has 5 aromatic rings. The number of aromatic nitrogens is 5. The number of primary amides is 1. The number of para-hydroxylation sites is 1. The lowest BCUT2D eigenvalue weighted by Crippen LogP contribution is -2.16. The standard InChI is InChI=1S/C22H17N7O/c23-20(30)22-25-17-9-5-4-8-16(17)21(26-22)24-15-10-11-19-18(12-15)27-28-29(19)13-14-6-2-1-3-7-14/h1-12H,13H2,(H2,23,30)(H,24,25,26). The van der Waals surface area contributed by atoms with E-state index in [0.717, 1.165) is 27.7 Å². The van der Waals surface area contributed by atoms with Gasteiger partial charge in [-0.1, -0.05) is 47.7 Å². The molecular formula is C22H17N7O. The van der Waals surface area contributed by atoms with E-state index in [1.54, 1.807) is 0 Å². The van der Waals surface area contributed by atoms with Gasteiger partial charge in [0.25, 0.3) is 5.91 Å². The molecule has 0 fully saturated rings. The SMILES string of the molecule is NC(=O)c1nc(Nc2ccc3c(c2)nnn3Cc2ccccc2)c2ccccc2n1. The predicted octanol–water partition coefficient (Wildman–Crippen LogP) is 3.27. The number of benzene rings is 3. The first-order chi connectivity index (χ1) is 14.7. The largest absolute Gasteiger partial charge is 0.363 e. The quantitative estimate of drug-likeness (QED) is 0.472. The van der Waals surface area contributed by atoms with Gasteiger partial charge >= 0.3 is 0 Å². The van der Waals surface area contributed by atoms with Crippen molar-refractivity contribution >= 4 is 39.3 Å². The Morgan fingerprint density at radius 1 is 0.933 bits per heavy atom. The summed E-state index contributed by atoms with van der Waals surface area (Å²) in [5.74, 6) is -0.209. The molecule has 2 aromatic heterocycles. The van der Waals surface area contributed by atoms with E-state index in [9.17, 15) is 4.79 Å². The second-order valence-corrected chi connectivity index (χ2v) is 6.84. The van der Waals surface area contributed by atoms with Gasteiger partial charge < -0.3 is 11.1 Å². The molecule has 0 saturated heterocycles. The maximum atomic E-state index is 11.6. The Balaban J connectivity index is 1.50. The van der Waals surface area contributed by atoms with Gasteiger partial charge in [0.1, 0.15) is 11.3 Å². The lowest BCUT2D eigenvalue weighted by atomic mass is 10.2. The van der Waals surface area contributed by atoms with Crippen molar-refractivity contribution in [3.63, 3.8) is 0 Å². The van der Waals surface area contributed by atoms with Gasteiger partial charge in [0, 0.05) is 11.1 Å². The van der Waals surface area contributed by atoms with E-state index in [1.165, 1.54) is 0 Å². The van der Waals surface area contributed by atoms with Crippen LogP contribution in [-0.4, -0.2) is 30.9 Å². The summed E-state index contributed by atoms with van der Waals surface area (Å²) in [6.07, 6.45) is 0. The van der Waals surface area contributed by atoms with E-state index in [-0.39, 0.29) is 5.82 Å². The molecular weight excluding hydrogens is 378 g/mol. The normalized spacial score (nSPS) is 11.1. The van der Waals surface area contributed by atoms with Gasteiger partial charge in [0.2, 0.25) is 5.82 Å². The molecule has 0 aliphatic rings. The third-order valence-corrected chi connectivity index (χ3v) is 4.78. The van der Waals surface area contributed by atoms with Crippen LogP contribution >= 0.6 is 0 Å². The number of nitrogens with zero attached hydrogens (tertiary/aromatic N) is 5. The van der Waals surface area contributed by atoms with Crippen molar-refractivity contribution in [2.75, 3.05) is 5.32 Å². The van der Waals surface area contributed by atoms with Crippen molar-refractivity contribution < 1.29 is 4.79 Å². The van der Waals surface area contributed by atoms with Crippen molar-refractivity contribution in [2.45, 2.75) is 6.54 Å². The predicted molar refractivity (Wildman–Crippen MR) is 114 cm³/mol. The van der Waals surface area contributed by atoms with Gasteiger partial charge in [-0.25, -0.2) is 14.6 Å². The second-order valence-electron chi connectivity index (χ2n) is 6.84. The molecule has 3 aromatic carbocycles. The Labute approximate surface area is 171 Å². The van der Waals surface area contributed by atoms with E-state index in [1.807, 2.05) is 65.3 Å². The molecule has 5 rings (SSSR count). The number of nitrogens with two attached hydrogens (primary N) is 1. The number of hydrogen-bond acceptors (Lipinski definition) is 6. The zero-order chi connectivity index (χ0) is 20.5. The summed E-state index contributed by atoms with van der Waals surface area (Å²) in [7, 11) is 0. The number of anilines is 2. The fourth-order valence-corrected chi connectivity index (χ4v) is 3.34. The maximum Gasteiger partial charge on any atom is 0.286 e. The third kappa shape index (κ3) is 3.30. The van der Waals surface area contributed by atoms with E-state index < -0.39 is 5.91 Å². The molecule has 2 heterocycles. The monoisotopic (exact) mass is 395 g/mol. The summed E-state index contributed by atoms with van der Waals surface area (Å²) >= 11 is 0. The molecule has 0 aliphatic carbocycles. The number of nitrogens with one attached hydrogen (secondary N) is 1. The third-order valence-electron chi connectivity index (χ3n) is 4.78. The van der Waals surface area contributed by atoms with Crippen LogP contribution in [0.3, 0.4) is 0 Å². The Morgan fingerprint density at radius 2 is 1.73 bits per heavy atom. The first kappa shape index (κ1) is 17.7. The molecule has 0 radical (unpaired) electrons. The van der Waals surface area contributed by atoms with Gasteiger partial charge in [-0.05, 0) is 35.9 Å². The van der Waals surface area contributed by atoms with Crippen LogP contribution in [0.25, 0.3) is 21.9 Å². The summed E-state index contributed by atoms with van der Waals surface area (Å²) in [6.45, 7) is 0.642. The Morgan fingerprint density at radius 3 is 2.57 bits per heavy atom. The van der Waals surface area contributed by atoms with Crippen molar-refractivity contribution in [3.8, 4) is 0 Å². The number of hydrogen-bond donors (Lipinski definition) is 2. The van der Waals surface area contributed by atoms with Crippen molar-refractivity contribution in [1.29, 1.82) is 0 Å². The topological polar surface area (TPSA) is 112 Å². The van der Waals surface area contributed by atoms with Crippen molar-refractivity contribution in [3.05, 3.63) is 84.2 Å². The molecule has 0 aliphatic heterocycles. The number of carbonyl (C=O) groups is 1. The number of carbonyl (C=O) groups excluding carboxylic acids is 1. The highest BCUT2D eigenvalue weighted by Gasteiger charge is 2.12. The minimum Gasteiger partial charge on any atom is -0.363 e. The Bertz CT molecular complexity index is 1380. The molecule has 0 spiro atoms. The molecule has 0 unspecified atom stereocenters. The minimum absolute atomic E-state index is 0.0360. The summed E-state index contributed by atoms with van der Waals surface area (Å²) in [5.41, 5.74) is 9.63. The molecule has 8 heteroatoms. The molecule has 1 amide bonds. The van der Waals surface area contributed by atoms with Crippen LogP contribution in [0.4, 0.5) is 11.5 Å². The van der Waals surface area contributed by atoms with E-state index >= 15 is 0 Å². The van der Waals surface area contributed by atoms with Crippen molar-refractivity contribution in [1.82, 2.24) is 25.0 Å². The van der Waals surface area contributed by atoms with Gasteiger partial charge in [-0.2, -0.15) is 0 Å². The number of rotatable bonds is 5. The fraction of sp³-hybridized carbons (Fsp3) is 0.0455. The lowest BCUT2D eigenvalue weighted by Gasteiger charge is -2.10. The van der Waals surface area contributed by atoms with Crippen LogP contribution in [0.15, 0.2) is 72.8 Å². The molecule has 0 atom stereocenters. The van der Waals surface area contributed by atoms with Crippen LogP contribution < -0.4 is 11.1 Å². The Hall–Kier alpha value is -4.33. The van der Waals surface area contributed by atoms with E-state index in [4.69, 9.17) is 5.73 Å². The van der Waals surface area contributed by atoms with Gasteiger partial charge in [-0.15, -0.1) is 5.10 Å². The molecule has 3 N–H and O–H groups in total. The van der Waals surface area contributed by atoms with Gasteiger partial charge in [0.05, 0.1) is 17.6 Å². The highest BCUT2D eigenvalue weighted by molar-refractivity contribution is 5.96. The van der Waals surface area contributed by atoms with Crippen LogP contribution in [0.5, 0.6) is 0 Å². The van der Waals surface area contributed by atoms with Gasteiger partial charge in [-0.3, -0.25) is 4.79 Å². The van der Waals surface area contributed by atoms with Crippen LogP contribution in [0.1, 0.15) is 16.2 Å². The average molecular weight is 395 g/mol. The maximum absolute atomic E-state index is 11.6. The molecule has 30 heavy (non-hydrogen) atoms. The molecule has 146 valence electrons. The summed E-state index contributed by atoms with van der Waals surface area (Å²) in [5, 5.41) is 12.6. The van der Waals surface area contributed by atoms with Crippen LogP contribution in [0.2, 0.25) is 0 Å². The average Bonchev–Trinajstić information content (AvgIpc) is 3.16. The first-order valence-electron chi connectivity index (χ1n) is 9.38. The molecule has 0 saturated carbocycles. The zero-order valence-corrected chi connectivity index (χ0v) is 15.9. The minimum atomic E-state index is -0.678. The number of amides is 1. The van der Waals surface area contributed by atoms with Crippen LogP contribution in [0, 0.1) is 0 Å². The highest BCUT2D eigenvalue weighted by atomic mass is 16.1. The summed E-state index contributed by atoms with van der Waals surface area (Å²) in [4.78, 5) is 20.1. The Kier molecular flexibility index (Phi) is 4.29. The first-order valence-corrected chi connectivity index (χ1v) is 9.38. The lowest BCUT2D eigenvalue weighted by molar-refractivity contribution is 0.0991. The highest BCUT2D eigenvalue weighted by Crippen LogP contribution is 2.25. The number of fused-ring (bicyclic) bond motifs is 2. The van der Waals surface area contributed by atoms with E-state index in [0.29, 0.717) is 17.9 Å². The summed E-state index contributed by atoms with van der Waals surface area (Å²) in [6, 6.07) is 23.3.